The van der Waals surface area contributed by atoms with Crippen LogP contribution in [0.15, 0.2) is 10.3 Å². The Morgan fingerprint density at radius 1 is 1.53 bits per heavy atom. The van der Waals surface area contributed by atoms with Gasteiger partial charge in [0.15, 0.2) is 9.84 Å². The van der Waals surface area contributed by atoms with E-state index in [1.165, 1.54) is 11.3 Å². The summed E-state index contributed by atoms with van der Waals surface area (Å²) < 4.78 is 24.9. The second kappa shape index (κ2) is 5.26. The van der Waals surface area contributed by atoms with E-state index < -0.39 is 9.84 Å². The molecule has 6 heteroatoms. The molecule has 1 aromatic heterocycles. The van der Waals surface area contributed by atoms with Gasteiger partial charge in [-0.05, 0) is 38.4 Å². The van der Waals surface area contributed by atoms with Crippen LogP contribution >= 0.6 is 23.7 Å². The fraction of sp³-hybridized carbons (Fsp3) is 0.636. The number of hydrogen-bond donors (Lipinski definition) is 1. The molecule has 98 valence electrons. The fourth-order valence-electron chi connectivity index (χ4n) is 2.19. The van der Waals surface area contributed by atoms with Crippen LogP contribution in [0.4, 0.5) is 0 Å². The lowest BCUT2D eigenvalue weighted by molar-refractivity contribution is 0.478. The summed E-state index contributed by atoms with van der Waals surface area (Å²) in [4.78, 5) is 1.07. The van der Waals surface area contributed by atoms with Crippen LogP contribution in [0, 0.1) is 6.92 Å². The molecule has 1 aromatic rings. The van der Waals surface area contributed by atoms with Crippen LogP contribution in [-0.4, -0.2) is 20.2 Å². The zero-order chi connectivity index (χ0) is 11.9. The average Bonchev–Trinajstić information content (AvgIpc) is 2.58. The number of nitrogens with one attached hydrogen (secondary N) is 1. The molecule has 2 heterocycles. The number of rotatable bonds is 2. The number of aryl methyl sites for hydroxylation is 1. The molecule has 0 radical (unpaired) electrons. The summed E-state index contributed by atoms with van der Waals surface area (Å²) in [5.41, 5.74) is 0.974. The monoisotopic (exact) mass is 295 g/mol. The van der Waals surface area contributed by atoms with E-state index in [1.54, 1.807) is 6.92 Å². The van der Waals surface area contributed by atoms with Crippen molar-refractivity contribution in [2.75, 3.05) is 6.54 Å². The lowest BCUT2D eigenvalue weighted by Crippen LogP contribution is -2.33. The van der Waals surface area contributed by atoms with E-state index in [0.717, 1.165) is 17.0 Å². The van der Waals surface area contributed by atoms with Gasteiger partial charge in [-0.3, -0.25) is 0 Å². The Balaban J connectivity index is 0.00000144. The van der Waals surface area contributed by atoms with Gasteiger partial charge < -0.3 is 5.32 Å². The largest absolute Gasteiger partial charge is 0.310 e. The molecular weight excluding hydrogens is 278 g/mol. The lowest BCUT2D eigenvalue weighted by atomic mass is 10.0. The minimum absolute atomic E-state index is 0. The molecule has 3 nitrogen and oxygen atoms in total. The van der Waals surface area contributed by atoms with Crippen LogP contribution in [0.1, 0.15) is 36.8 Å². The van der Waals surface area contributed by atoms with E-state index in [-0.39, 0.29) is 23.7 Å². The van der Waals surface area contributed by atoms with Gasteiger partial charge in [-0.15, -0.1) is 23.7 Å². The average molecular weight is 296 g/mol. The van der Waals surface area contributed by atoms with E-state index in [4.69, 9.17) is 0 Å². The molecule has 0 bridgehead atoms. The van der Waals surface area contributed by atoms with Crippen LogP contribution in [0.2, 0.25) is 0 Å². The molecule has 1 aliphatic heterocycles. The highest BCUT2D eigenvalue weighted by Gasteiger charge is 2.37. The van der Waals surface area contributed by atoms with Crippen molar-refractivity contribution in [3.05, 3.63) is 16.5 Å². The van der Waals surface area contributed by atoms with E-state index in [2.05, 4.69) is 5.32 Å². The zero-order valence-electron chi connectivity index (χ0n) is 10.2. The standard InChI is InChI=1S/C11H17NO2S2.ClH/c1-4-12-10-6-8(3)16(13,14)11-9(10)5-7(2)15-11;/h5,8,10,12H,4,6H2,1-3H3;1H/t8-,10-;/m0./s1. The molecule has 0 unspecified atom stereocenters. The molecule has 0 spiro atoms. The lowest BCUT2D eigenvalue weighted by Gasteiger charge is -2.27. The van der Waals surface area contributed by atoms with Gasteiger partial charge in [-0.25, -0.2) is 8.42 Å². The number of sulfone groups is 1. The smallest absolute Gasteiger partial charge is 0.190 e. The Bertz CT molecular complexity index is 496. The third-order valence-corrected chi connectivity index (χ3v) is 6.84. The molecule has 1 aliphatic rings. The van der Waals surface area contributed by atoms with E-state index in [1.807, 2.05) is 19.9 Å². The fourth-order valence-corrected chi connectivity index (χ4v) is 5.68. The number of halogens is 1. The van der Waals surface area contributed by atoms with Crippen LogP contribution in [0.3, 0.4) is 0 Å². The Hall–Kier alpha value is -0.100. The maximum Gasteiger partial charge on any atom is 0.190 e. The normalized spacial score (nSPS) is 26.1. The van der Waals surface area contributed by atoms with Crippen LogP contribution in [-0.2, 0) is 9.84 Å². The van der Waals surface area contributed by atoms with E-state index in [9.17, 15) is 8.42 Å². The van der Waals surface area contributed by atoms with Gasteiger partial charge in [0.05, 0.1) is 5.25 Å². The second-order valence-electron chi connectivity index (χ2n) is 4.30. The molecule has 2 atom stereocenters. The van der Waals surface area contributed by atoms with Crippen molar-refractivity contribution in [2.45, 2.75) is 42.7 Å². The summed E-state index contributed by atoms with van der Waals surface area (Å²) in [6, 6.07) is 2.21. The molecule has 0 saturated heterocycles. The van der Waals surface area contributed by atoms with Crippen molar-refractivity contribution in [2.24, 2.45) is 0 Å². The van der Waals surface area contributed by atoms with Gasteiger partial charge in [0.2, 0.25) is 0 Å². The van der Waals surface area contributed by atoms with E-state index >= 15 is 0 Å². The summed E-state index contributed by atoms with van der Waals surface area (Å²) in [7, 11) is -3.07. The molecular formula is C11H18ClNO2S2. The highest BCUT2D eigenvalue weighted by molar-refractivity contribution is 7.94. The Labute approximate surface area is 113 Å². The highest BCUT2D eigenvalue weighted by atomic mass is 35.5. The van der Waals surface area contributed by atoms with Crippen molar-refractivity contribution >= 4 is 33.6 Å². The molecule has 17 heavy (non-hydrogen) atoms. The molecule has 0 aromatic carbocycles. The van der Waals surface area contributed by atoms with Gasteiger partial charge in [0.1, 0.15) is 4.21 Å². The predicted octanol–water partition coefficient (Wildman–Crippen LogP) is 2.69. The first kappa shape index (κ1) is 15.0. The quantitative estimate of drug-likeness (QED) is 0.912. The van der Waals surface area contributed by atoms with E-state index in [0.29, 0.717) is 10.6 Å². The Kier molecular flexibility index (Phi) is 4.63. The minimum Gasteiger partial charge on any atom is -0.310 e. The third-order valence-electron chi connectivity index (χ3n) is 3.03. The summed E-state index contributed by atoms with van der Waals surface area (Å²) in [6.45, 7) is 6.68. The molecule has 1 N–H and O–H groups in total. The molecule has 0 fully saturated rings. The first-order valence-corrected chi connectivity index (χ1v) is 7.90. The number of thiophene rings is 1. The number of fused-ring (bicyclic) bond motifs is 1. The van der Waals surface area contributed by atoms with Gasteiger partial charge in [0.25, 0.3) is 0 Å². The maximum absolute atomic E-state index is 12.1. The van der Waals surface area contributed by atoms with Crippen molar-refractivity contribution in [1.29, 1.82) is 0 Å². The van der Waals surface area contributed by atoms with Crippen LogP contribution < -0.4 is 5.32 Å². The highest BCUT2D eigenvalue weighted by Crippen LogP contribution is 2.41. The van der Waals surface area contributed by atoms with Gasteiger partial charge in [-0.2, -0.15) is 0 Å². The molecule has 0 aliphatic carbocycles. The Morgan fingerprint density at radius 3 is 2.76 bits per heavy atom. The van der Waals surface area contributed by atoms with Gasteiger partial charge in [-0.1, -0.05) is 6.92 Å². The van der Waals surface area contributed by atoms with Gasteiger partial charge in [0, 0.05) is 10.9 Å². The third kappa shape index (κ3) is 2.52. The molecule has 0 amide bonds. The molecule has 2 rings (SSSR count). The number of hydrogen-bond acceptors (Lipinski definition) is 4. The van der Waals surface area contributed by atoms with Crippen molar-refractivity contribution in [1.82, 2.24) is 5.32 Å². The van der Waals surface area contributed by atoms with Gasteiger partial charge >= 0.3 is 0 Å². The zero-order valence-corrected chi connectivity index (χ0v) is 12.6. The van der Waals surface area contributed by atoms with Crippen LogP contribution in [0.5, 0.6) is 0 Å². The maximum atomic E-state index is 12.1. The SMILES string of the molecule is CCN[C@H]1C[C@H](C)S(=O)(=O)c2sc(C)cc21.Cl. The predicted molar refractivity (Wildman–Crippen MR) is 74.0 cm³/mol. The first-order valence-electron chi connectivity index (χ1n) is 5.54. The Morgan fingerprint density at radius 2 is 2.18 bits per heavy atom. The summed E-state index contributed by atoms with van der Waals surface area (Å²) in [5.74, 6) is 0. The second-order valence-corrected chi connectivity index (χ2v) is 8.12. The topological polar surface area (TPSA) is 46.2 Å². The molecule has 0 saturated carbocycles. The van der Waals surface area contributed by atoms with Crippen LogP contribution in [0.25, 0.3) is 0 Å². The summed E-state index contributed by atoms with van der Waals surface area (Å²) in [5, 5.41) is 3.09. The van der Waals surface area contributed by atoms with Crippen molar-refractivity contribution in [3.63, 3.8) is 0 Å². The first-order chi connectivity index (χ1) is 7.46. The van der Waals surface area contributed by atoms with Crippen molar-refractivity contribution in [3.8, 4) is 0 Å². The summed E-state index contributed by atoms with van der Waals surface area (Å²) >= 11 is 1.40. The van der Waals surface area contributed by atoms with Crippen molar-refractivity contribution < 1.29 is 8.42 Å². The summed E-state index contributed by atoms with van der Waals surface area (Å²) in [6.07, 6.45) is 0.680. The minimum atomic E-state index is -3.07.